The average Bonchev–Trinajstić information content (AvgIpc) is 2.54. The number of piperidine rings is 1. The Kier molecular flexibility index (Phi) is 3.65. The molecule has 0 atom stereocenters. The van der Waals surface area contributed by atoms with Crippen LogP contribution in [0, 0.1) is 5.92 Å². The predicted octanol–water partition coefficient (Wildman–Crippen LogP) is 2.05. The Bertz CT molecular complexity index is 613. The van der Waals surface area contributed by atoms with Gasteiger partial charge in [-0.1, -0.05) is 18.2 Å². The molecule has 1 fully saturated rings. The molecule has 4 nitrogen and oxygen atoms in total. The first-order valence-electron chi connectivity index (χ1n) is 7.12. The highest BCUT2D eigenvalue weighted by Gasteiger charge is 2.23. The maximum absolute atomic E-state index is 12.7. The highest BCUT2D eigenvalue weighted by Crippen LogP contribution is 2.21. The SMILES string of the molecule is NCC1CCN(C(=O)c2ccnc3ccccc23)CC1. The van der Waals surface area contributed by atoms with E-state index in [9.17, 15) is 4.79 Å². The zero-order chi connectivity index (χ0) is 13.9. The second-order valence-corrected chi connectivity index (χ2v) is 5.35. The molecule has 0 bridgehead atoms. The number of amides is 1. The fourth-order valence-corrected chi connectivity index (χ4v) is 2.82. The molecule has 1 aliphatic rings. The Balaban J connectivity index is 1.86. The van der Waals surface area contributed by atoms with Gasteiger partial charge in [0.25, 0.3) is 5.91 Å². The molecule has 0 spiro atoms. The fourth-order valence-electron chi connectivity index (χ4n) is 2.82. The Morgan fingerprint density at radius 2 is 2.00 bits per heavy atom. The summed E-state index contributed by atoms with van der Waals surface area (Å²) in [5.41, 5.74) is 7.32. The molecule has 2 heterocycles. The van der Waals surface area contributed by atoms with Crippen molar-refractivity contribution in [2.45, 2.75) is 12.8 Å². The second-order valence-electron chi connectivity index (χ2n) is 5.35. The van der Waals surface area contributed by atoms with E-state index in [0.717, 1.165) is 48.9 Å². The Morgan fingerprint density at radius 3 is 2.75 bits per heavy atom. The molecule has 1 aromatic carbocycles. The van der Waals surface area contributed by atoms with Crippen LogP contribution in [0.25, 0.3) is 10.9 Å². The van der Waals surface area contributed by atoms with Crippen LogP contribution in [0.1, 0.15) is 23.2 Å². The van der Waals surface area contributed by atoms with Crippen LogP contribution in [0.2, 0.25) is 0 Å². The normalized spacial score (nSPS) is 16.6. The fraction of sp³-hybridized carbons (Fsp3) is 0.375. The van der Waals surface area contributed by atoms with E-state index in [1.165, 1.54) is 0 Å². The molecule has 0 aliphatic carbocycles. The summed E-state index contributed by atoms with van der Waals surface area (Å²) in [4.78, 5) is 18.9. The van der Waals surface area contributed by atoms with Gasteiger partial charge in [0.1, 0.15) is 0 Å². The van der Waals surface area contributed by atoms with Crippen molar-refractivity contribution >= 4 is 16.8 Å². The molecule has 1 aliphatic heterocycles. The van der Waals surface area contributed by atoms with Crippen molar-refractivity contribution in [1.29, 1.82) is 0 Å². The van der Waals surface area contributed by atoms with E-state index in [1.807, 2.05) is 35.2 Å². The summed E-state index contributed by atoms with van der Waals surface area (Å²) in [5.74, 6) is 0.673. The molecule has 1 amide bonds. The van der Waals surface area contributed by atoms with Crippen LogP contribution >= 0.6 is 0 Å². The van der Waals surface area contributed by atoms with Gasteiger partial charge in [-0.25, -0.2) is 0 Å². The number of pyridine rings is 1. The minimum Gasteiger partial charge on any atom is -0.339 e. The van der Waals surface area contributed by atoms with Crippen molar-refractivity contribution < 1.29 is 4.79 Å². The molecule has 1 saturated heterocycles. The Morgan fingerprint density at radius 1 is 1.25 bits per heavy atom. The Hall–Kier alpha value is -1.94. The molecule has 0 saturated carbocycles. The molecular weight excluding hydrogens is 250 g/mol. The third kappa shape index (κ3) is 2.39. The van der Waals surface area contributed by atoms with Gasteiger partial charge in [-0.3, -0.25) is 9.78 Å². The summed E-state index contributed by atoms with van der Waals surface area (Å²) in [7, 11) is 0. The number of likely N-dealkylation sites (tertiary alicyclic amines) is 1. The van der Waals surface area contributed by atoms with Crippen molar-refractivity contribution in [3.05, 3.63) is 42.1 Å². The zero-order valence-corrected chi connectivity index (χ0v) is 11.5. The first-order valence-corrected chi connectivity index (χ1v) is 7.12. The van der Waals surface area contributed by atoms with Gasteiger partial charge >= 0.3 is 0 Å². The molecule has 2 aromatic rings. The maximum Gasteiger partial charge on any atom is 0.254 e. The summed E-state index contributed by atoms with van der Waals surface area (Å²) in [6, 6.07) is 9.60. The highest BCUT2D eigenvalue weighted by molar-refractivity contribution is 6.05. The number of hydrogen-bond donors (Lipinski definition) is 1. The largest absolute Gasteiger partial charge is 0.339 e. The lowest BCUT2D eigenvalue weighted by Gasteiger charge is -2.31. The summed E-state index contributed by atoms with van der Waals surface area (Å²) >= 11 is 0. The topological polar surface area (TPSA) is 59.2 Å². The van der Waals surface area contributed by atoms with Crippen LogP contribution in [-0.2, 0) is 0 Å². The minimum absolute atomic E-state index is 0.110. The molecule has 2 N–H and O–H groups in total. The van der Waals surface area contributed by atoms with Gasteiger partial charge < -0.3 is 10.6 Å². The summed E-state index contributed by atoms with van der Waals surface area (Å²) < 4.78 is 0. The van der Waals surface area contributed by atoms with Gasteiger partial charge in [0.15, 0.2) is 0 Å². The lowest BCUT2D eigenvalue weighted by molar-refractivity contribution is 0.0695. The van der Waals surface area contributed by atoms with Gasteiger partial charge in [0.2, 0.25) is 0 Å². The van der Waals surface area contributed by atoms with Crippen LogP contribution in [0.5, 0.6) is 0 Å². The van der Waals surface area contributed by atoms with Crippen LogP contribution < -0.4 is 5.73 Å². The van der Waals surface area contributed by atoms with E-state index in [2.05, 4.69) is 4.98 Å². The molecule has 0 radical (unpaired) electrons. The molecular formula is C16H19N3O. The summed E-state index contributed by atoms with van der Waals surface area (Å²) in [6.07, 6.45) is 3.72. The quantitative estimate of drug-likeness (QED) is 0.907. The third-order valence-corrected chi connectivity index (χ3v) is 4.11. The number of nitrogens with two attached hydrogens (primary N) is 1. The molecule has 3 rings (SSSR count). The number of carbonyl (C=O) groups is 1. The molecule has 20 heavy (non-hydrogen) atoms. The molecule has 0 unspecified atom stereocenters. The van der Waals surface area contributed by atoms with E-state index < -0.39 is 0 Å². The summed E-state index contributed by atoms with van der Waals surface area (Å²) in [5, 5.41) is 0.931. The van der Waals surface area contributed by atoms with Crippen molar-refractivity contribution in [3.63, 3.8) is 0 Å². The van der Waals surface area contributed by atoms with Gasteiger partial charge in [-0.15, -0.1) is 0 Å². The number of benzene rings is 1. The third-order valence-electron chi connectivity index (χ3n) is 4.11. The van der Waals surface area contributed by atoms with E-state index >= 15 is 0 Å². The molecule has 4 heteroatoms. The number of nitrogens with zero attached hydrogens (tertiary/aromatic N) is 2. The second kappa shape index (κ2) is 5.59. The first kappa shape index (κ1) is 13.1. The minimum atomic E-state index is 0.110. The van der Waals surface area contributed by atoms with Crippen LogP contribution in [-0.4, -0.2) is 35.4 Å². The van der Waals surface area contributed by atoms with Crippen molar-refractivity contribution in [1.82, 2.24) is 9.88 Å². The highest BCUT2D eigenvalue weighted by atomic mass is 16.2. The Labute approximate surface area is 118 Å². The van der Waals surface area contributed by atoms with E-state index in [-0.39, 0.29) is 5.91 Å². The van der Waals surface area contributed by atoms with Gasteiger partial charge in [-0.2, -0.15) is 0 Å². The maximum atomic E-state index is 12.7. The standard InChI is InChI=1S/C16H19N3O/c17-11-12-6-9-19(10-7-12)16(20)14-5-8-18-15-4-2-1-3-13(14)15/h1-5,8,12H,6-7,9-11,17H2. The van der Waals surface area contributed by atoms with Crippen molar-refractivity contribution in [2.75, 3.05) is 19.6 Å². The number of para-hydroxylation sites is 1. The van der Waals surface area contributed by atoms with Gasteiger partial charge in [0.05, 0.1) is 11.1 Å². The number of hydrogen-bond acceptors (Lipinski definition) is 3. The lowest BCUT2D eigenvalue weighted by atomic mass is 9.96. The average molecular weight is 269 g/mol. The summed E-state index contributed by atoms with van der Waals surface area (Å²) in [6.45, 7) is 2.33. The van der Waals surface area contributed by atoms with Crippen LogP contribution in [0.4, 0.5) is 0 Å². The van der Waals surface area contributed by atoms with Crippen LogP contribution in [0.3, 0.4) is 0 Å². The number of carbonyl (C=O) groups excluding carboxylic acids is 1. The number of rotatable bonds is 2. The first-order chi connectivity index (χ1) is 9.79. The molecule has 1 aromatic heterocycles. The number of aromatic nitrogens is 1. The zero-order valence-electron chi connectivity index (χ0n) is 11.5. The number of fused-ring (bicyclic) bond motifs is 1. The predicted molar refractivity (Wildman–Crippen MR) is 79.4 cm³/mol. The van der Waals surface area contributed by atoms with Gasteiger partial charge in [0, 0.05) is 24.7 Å². The molecule has 104 valence electrons. The van der Waals surface area contributed by atoms with Gasteiger partial charge in [-0.05, 0) is 37.4 Å². The van der Waals surface area contributed by atoms with Crippen molar-refractivity contribution in [2.24, 2.45) is 11.7 Å². The van der Waals surface area contributed by atoms with E-state index in [1.54, 1.807) is 6.20 Å². The van der Waals surface area contributed by atoms with Crippen LogP contribution in [0.15, 0.2) is 36.5 Å². The van der Waals surface area contributed by atoms with E-state index in [4.69, 9.17) is 5.73 Å². The van der Waals surface area contributed by atoms with Crippen molar-refractivity contribution in [3.8, 4) is 0 Å². The van der Waals surface area contributed by atoms with E-state index in [0.29, 0.717) is 5.92 Å². The lowest BCUT2D eigenvalue weighted by Crippen LogP contribution is -2.40. The monoisotopic (exact) mass is 269 g/mol. The smallest absolute Gasteiger partial charge is 0.254 e.